The Morgan fingerprint density at radius 3 is 2.79 bits per heavy atom. The van der Waals surface area contributed by atoms with Crippen molar-refractivity contribution in [1.29, 1.82) is 0 Å². The lowest BCUT2D eigenvalue weighted by atomic mass is 10.0. The SMILES string of the molecule is CC(C)(C)OC(=O)N1CCC(c2nc(N)nc3ccc(Cl)nc23)C1. The summed E-state index contributed by atoms with van der Waals surface area (Å²) >= 11 is 6.01. The predicted octanol–water partition coefficient (Wildman–Crippen LogP) is 2.98. The molecule has 128 valence electrons. The molecule has 0 spiro atoms. The van der Waals surface area contributed by atoms with Gasteiger partial charge in [-0.05, 0) is 39.3 Å². The zero-order chi connectivity index (χ0) is 17.5. The number of likely N-dealkylation sites (tertiary alicyclic amines) is 1. The van der Waals surface area contributed by atoms with Gasteiger partial charge in [0.25, 0.3) is 0 Å². The number of amides is 1. The third-order valence-corrected chi connectivity index (χ3v) is 3.99. The third kappa shape index (κ3) is 3.51. The van der Waals surface area contributed by atoms with Gasteiger partial charge in [0.05, 0.1) is 11.2 Å². The van der Waals surface area contributed by atoms with Gasteiger partial charge >= 0.3 is 6.09 Å². The van der Waals surface area contributed by atoms with Crippen LogP contribution >= 0.6 is 11.6 Å². The molecule has 2 aromatic heterocycles. The van der Waals surface area contributed by atoms with E-state index in [1.54, 1.807) is 17.0 Å². The van der Waals surface area contributed by atoms with Crippen LogP contribution in [0, 0.1) is 0 Å². The second-order valence-electron chi connectivity index (χ2n) is 6.88. The van der Waals surface area contributed by atoms with E-state index >= 15 is 0 Å². The topological polar surface area (TPSA) is 94.2 Å². The quantitative estimate of drug-likeness (QED) is 0.795. The molecule has 1 atom stereocenters. The fourth-order valence-corrected chi connectivity index (χ4v) is 2.94. The maximum absolute atomic E-state index is 12.2. The molecule has 8 heteroatoms. The molecule has 2 aromatic rings. The lowest BCUT2D eigenvalue weighted by Crippen LogP contribution is -2.35. The first kappa shape index (κ1) is 16.7. The molecular weight excluding hydrogens is 330 g/mol. The van der Waals surface area contributed by atoms with Crippen LogP contribution in [0.25, 0.3) is 11.0 Å². The molecule has 1 saturated heterocycles. The lowest BCUT2D eigenvalue weighted by molar-refractivity contribution is 0.0292. The summed E-state index contributed by atoms with van der Waals surface area (Å²) < 4.78 is 5.43. The second kappa shape index (κ2) is 6.05. The van der Waals surface area contributed by atoms with Crippen molar-refractivity contribution >= 4 is 34.7 Å². The number of hydrogen-bond acceptors (Lipinski definition) is 6. The highest BCUT2D eigenvalue weighted by molar-refractivity contribution is 6.29. The smallest absolute Gasteiger partial charge is 0.410 e. The maximum Gasteiger partial charge on any atom is 0.410 e. The summed E-state index contributed by atoms with van der Waals surface area (Å²) in [6.07, 6.45) is 0.446. The average molecular weight is 350 g/mol. The van der Waals surface area contributed by atoms with Crippen LogP contribution in [0.1, 0.15) is 38.8 Å². The highest BCUT2D eigenvalue weighted by Gasteiger charge is 2.32. The largest absolute Gasteiger partial charge is 0.444 e. The van der Waals surface area contributed by atoms with Gasteiger partial charge < -0.3 is 15.4 Å². The van der Waals surface area contributed by atoms with Crippen molar-refractivity contribution in [3.05, 3.63) is 23.0 Å². The summed E-state index contributed by atoms with van der Waals surface area (Å²) in [4.78, 5) is 26.8. The number of pyridine rings is 1. The first-order valence-corrected chi connectivity index (χ1v) is 8.18. The Kier molecular flexibility index (Phi) is 4.21. The van der Waals surface area contributed by atoms with Crippen LogP contribution < -0.4 is 5.73 Å². The number of nitrogen functional groups attached to an aromatic ring is 1. The molecule has 1 aliphatic rings. The summed E-state index contributed by atoms with van der Waals surface area (Å²) in [5.74, 6) is 0.216. The number of nitrogens with zero attached hydrogens (tertiary/aromatic N) is 4. The third-order valence-electron chi connectivity index (χ3n) is 3.78. The number of hydrogen-bond donors (Lipinski definition) is 1. The Hall–Kier alpha value is -2.15. The van der Waals surface area contributed by atoms with Gasteiger partial charge in [-0.25, -0.2) is 19.7 Å². The van der Waals surface area contributed by atoms with E-state index < -0.39 is 5.60 Å². The zero-order valence-corrected chi connectivity index (χ0v) is 14.7. The molecule has 0 bridgehead atoms. The van der Waals surface area contributed by atoms with Gasteiger partial charge in [-0.3, -0.25) is 0 Å². The van der Waals surface area contributed by atoms with Crippen molar-refractivity contribution in [3.63, 3.8) is 0 Å². The number of halogens is 1. The van der Waals surface area contributed by atoms with E-state index in [9.17, 15) is 4.79 Å². The molecular formula is C16H20ClN5O2. The van der Waals surface area contributed by atoms with E-state index in [4.69, 9.17) is 22.1 Å². The number of nitrogens with two attached hydrogens (primary N) is 1. The van der Waals surface area contributed by atoms with Gasteiger partial charge in [0, 0.05) is 19.0 Å². The van der Waals surface area contributed by atoms with E-state index in [1.807, 2.05) is 20.8 Å². The van der Waals surface area contributed by atoms with E-state index in [-0.39, 0.29) is 18.0 Å². The molecule has 1 unspecified atom stereocenters. The first-order valence-electron chi connectivity index (χ1n) is 7.80. The van der Waals surface area contributed by atoms with Crippen molar-refractivity contribution < 1.29 is 9.53 Å². The van der Waals surface area contributed by atoms with Crippen LogP contribution in [0.15, 0.2) is 12.1 Å². The van der Waals surface area contributed by atoms with Crippen LogP contribution in [0.2, 0.25) is 5.15 Å². The van der Waals surface area contributed by atoms with Gasteiger partial charge in [-0.15, -0.1) is 0 Å². The number of ether oxygens (including phenoxy) is 1. The molecule has 0 aliphatic carbocycles. The lowest BCUT2D eigenvalue weighted by Gasteiger charge is -2.24. The van der Waals surface area contributed by atoms with E-state index in [0.29, 0.717) is 29.3 Å². The molecule has 24 heavy (non-hydrogen) atoms. The van der Waals surface area contributed by atoms with Crippen molar-refractivity contribution in [1.82, 2.24) is 19.9 Å². The van der Waals surface area contributed by atoms with Gasteiger partial charge in [0.15, 0.2) is 0 Å². The molecule has 3 rings (SSSR count). The molecule has 2 N–H and O–H groups in total. The van der Waals surface area contributed by atoms with E-state index in [2.05, 4.69) is 15.0 Å². The summed E-state index contributed by atoms with van der Waals surface area (Å²) in [6.45, 7) is 6.66. The zero-order valence-electron chi connectivity index (χ0n) is 13.9. The number of anilines is 1. The van der Waals surface area contributed by atoms with Crippen molar-refractivity contribution in [2.24, 2.45) is 0 Å². The standard InChI is InChI=1S/C16H20ClN5O2/c1-16(2,3)24-15(23)22-7-6-9(8-22)12-13-10(19-14(18)21-12)4-5-11(17)20-13/h4-5,9H,6-8H2,1-3H3,(H2,18,19,21). The number of rotatable bonds is 1. The van der Waals surface area contributed by atoms with Crippen LogP contribution in [-0.2, 0) is 4.74 Å². The monoisotopic (exact) mass is 349 g/mol. The predicted molar refractivity (Wildman–Crippen MR) is 91.9 cm³/mol. The molecule has 1 aliphatic heterocycles. The normalized spacial score (nSPS) is 18.2. The summed E-state index contributed by atoms with van der Waals surface area (Å²) in [7, 11) is 0. The Bertz CT molecular complexity index is 790. The minimum Gasteiger partial charge on any atom is -0.444 e. The Morgan fingerprint density at radius 2 is 2.08 bits per heavy atom. The molecule has 1 amide bonds. The minimum absolute atomic E-state index is 0.0243. The number of carbonyl (C=O) groups is 1. The molecule has 7 nitrogen and oxygen atoms in total. The Labute approximate surface area is 145 Å². The van der Waals surface area contributed by atoms with E-state index in [0.717, 1.165) is 12.1 Å². The second-order valence-corrected chi connectivity index (χ2v) is 7.27. The number of fused-ring (bicyclic) bond motifs is 1. The van der Waals surface area contributed by atoms with Crippen molar-refractivity contribution in [3.8, 4) is 0 Å². The fraction of sp³-hybridized carbons (Fsp3) is 0.500. The van der Waals surface area contributed by atoms with Gasteiger partial charge in [0.2, 0.25) is 5.95 Å². The van der Waals surface area contributed by atoms with Gasteiger partial charge in [-0.2, -0.15) is 0 Å². The number of carbonyl (C=O) groups excluding carboxylic acids is 1. The molecule has 1 fully saturated rings. The Morgan fingerprint density at radius 1 is 1.33 bits per heavy atom. The van der Waals surface area contributed by atoms with Crippen LogP contribution in [0.4, 0.5) is 10.7 Å². The van der Waals surface area contributed by atoms with Crippen molar-refractivity contribution in [2.45, 2.75) is 38.7 Å². The van der Waals surface area contributed by atoms with E-state index in [1.165, 1.54) is 0 Å². The number of aromatic nitrogens is 3. The van der Waals surface area contributed by atoms with Gasteiger partial charge in [0.1, 0.15) is 16.3 Å². The minimum atomic E-state index is -0.518. The fourth-order valence-electron chi connectivity index (χ4n) is 2.79. The Balaban J connectivity index is 1.87. The van der Waals surface area contributed by atoms with Gasteiger partial charge in [-0.1, -0.05) is 11.6 Å². The highest BCUT2D eigenvalue weighted by atomic mass is 35.5. The maximum atomic E-state index is 12.2. The van der Waals surface area contributed by atoms with Crippen LogP contribution in [-0.4, -0.2) is 44.6 Å². The molecule has 3 heterocycles. The van der Waals surface area contributed by atoms with Crippen LogP contribution in [0.5, 0.6) is 0 Å². The molecule has 0 aromatic carbocycles. The molecule has 0 saturated carbocycles. The molecule has 0 radical (unpaired) electrons. The summed E-state index contributed by atoms with van der Waals surface area (Å²) in [5.41, 5.74) is 7.31. The highest BCUT2D eigenvalue weighted by Crippen LogP contribution is 2.31. The summed E-state index contributed by atoms with van der Waals surface area (Å²) in [6, 6.07) is 3.44. The summed E-state index contributed by atoms with van der Waals surface area (Å²) in [5, 5.41) is 0.374. The van der Waals surface area contributed by atoms with Crippen LogP contribution in [0.3, 0.4) is 0 Å². The first-order chi connectivity index (χ1) is 11.2. The average Bonchev–Trinajstić information content (AvgIpc) is 2.95. The van der Waals surface area contributed by atoms with Crippen molar-refractivity contribution in [2.75, 3.05) is 18.8 Å².